The summed E-state index contributed by atoms with van der Waals surface area (Å²) in [6, 6.07) is 17.9. The Morgan fingerprint density at radius 1 is 1.00 bits per heavy atom. The fraction of sp³-hybridized carbons (Fsp3) is 0.455. The predicted molar refractivity (Wildman–Crippen MR) is 98.5 cm³/mol. The van der Waals surface area contributed by atoms with Crippen molar-refractivity contribution in [2.45, 2.75) is 38.2 Å². The van der Waals surface area contributed by atoms with E-state index < -0.39 is 0 Å². The van der Waals surface area contributed by atoms with Crippen LogP contribution in [0.25, 0.3) is 0 Å². The highest BCUT2D eigenvalue weighted by Gasteiger charge is 2.52. The van der Waals surface area contributed by atoms with E-state index in [1.807, 2.05) is 0 Å². The average Bonchev–Trinajstić information content (AvgIpc) is 3.44. The highest BCUT2D eigenvalue weighted by molar-refractivity contribution is 5.52. The fourth-order valence-corrected chi connectivity index (χ4v) is 4.35. The molecule has 24 heavy (non-hydrogen) atoms. The largest absolute Gasteiger partial charge is 0.359 e. The van der Waals surface area contributed by atoms with Crippen LogP contribution in [-0.2, 0) is 16.8 Å². The second-order valence-corrected chi connectivity index (χ2v) is 7.08. The van der Waals surface area contributed by atoms with Crippen LogP contribution in [-0.4, -0.2) is 31.1 Å². The van der Waals surface area contributed by atoms with Crippen LogP contribution in [0.4, 0.5) is 0 Å². The van der Waals surface area contributed by atoms with Gasteiger partial charge in [0.15, 0.2) is 0 Å². The number of fused-ring (bicyclic) bond motifs is 4. The van der Waals surface area contributed by atoms with Crippen LogP contribution < -0.4 is 0 Å². The molecule has 2 unspecified atom stereocenters. The molecule has 2 aromatic carbocycles. The van der Waals surface area contributed by atoms with E-state index in [1.165, 1.54) is 35.2 Å². The number of benzene rings is 2. The van der Waals surface area contributed by atoms with Gasteiger partial charge in [-0.15, -0.1) is 0 Å². The Kier molecular flexibility index (Phi) is 4.19. The van der Waals surface area contributed by atoms with E-state index in [-0.39, 0.29) is 5.60 Å². The van der Waals surface area contributed by atoms with Crippen LogP contribution in [0, 0.1) is 0 Å². The van der Waals surface area contributed by atoms with Gasteiger partial charge in [0.1, 0.15) is 5.60 Å². The first-order valence-electron chi connectivity index (χ1n) is 9.32. The smallest absolute Gasteiger partial charge is 0.142 e. The standard InChI is InChI=1S/C22H27NO/c1-3-23(4-2)14-13-17-15-18-9-5-7-11-20(18)22(16-24-22)21-12-8-6-10-19(17)21/h5-12,17H,3-4,13-16H2,1-2H3. The van der Waals surface area contributed by atoms with Gasteiger partial charge < -0.3 is 9.64 Å². The second kappa shape index (κ2) is 6.34. The van der Waals surface area contributed by atoms with Crippen LogP contribution in [0.5, 0.6) is 0 Å². The van der Waals surface area contributed by atoms with Gasteiger partial charge in [0.05, 0.1) is 6.61 Å². The summed E-state index contributed by atoms with van der Waals surface area (Å²) >= 11 is 0. The first-order chi connectivity index (χ1) is 11.8. The third kappa shape index (κ3) is 2.58. The van der Waals surface area contributed by atoms with Gasteiger partial charge in [-0.1, -0.05) is 62.4 Å². The van der Waals surface area contributed by atoms with E-state index in [0.717, 1.165) is 26.1 Å². The molecule has 2 aliphatic rings. The molecule has 0 bridgehead atoms. The van der Waals surface area contributed by atoms with Crippen LogP contribution in [0.15, 0.2) is 48.5 Å². The fourth-order valence-electron chi connectivity index (χ4n) is 4.35. The molecule has 0 saturated carbocycles. The maximum absolute atomic E-state index is 6.08. The number of rotatable bonds is 5. The minimum atomic E-state index is -0.170. The van der Waals surface area contributed by atoms with Gasteiger partial charge in [-0.25, -0.2) is 0 Å². The lowest BCUT2D eigenvalue weighted by atomic mass is 9.86. The van der Waals surface area contributed by atoms with Gasteiger partial charge in [-0.2, -0.15) is 0 Å². The molecule has 1 heterocycles. The van der Waals surface area contributed by atoms with Crippen LogP contribution in [0.2, 0.25) is 0 Å². The van der Waals surface area contributed by atoms with Gasteiger partial charge in [0.2, 0.25) is 0 Å². The predicted octanol–water partition coefficient (Wildman–Crippen LogP) is 4.33. The molecule has 1 fully saturated rings. The van der Waals surface area contributed by atoms with Crippen LogP contribution in [0.3, 0.4) is 0 Å². The van der Waals surface area contributed by atoms with Crippen LogP contribution in [0.1, 0.15) is 48.4 Å². The number of epoxide rings is 1. The first kappa shape index (κ1) is 15.9. The van der Waals surface area contributed by atoms with E-state index >= 15 is 0 Å². The summed E-state index contributed by atoms with van der Waals surface area (Å²) in [7, 11) is 0. The molecular weight excluding hydrogens is 294 g/mol. The van der Waals surface area contributed by atoms with E-state index in [1.54, 1.807) is 0 Å². The van der Waals surface area contributed by atoms with Gasteiger partial charge in [-0.3, -0.25) is 0 Å². The molecule has 0 amide bonds. The molecule has 1 aliphatic heterocycles. The molecule has 126 valence electrons. The van der Waals surface area contributed by atoms with Crippen molar-refractivity contribution in [2.24, 2.45) is 0 Å². The molecule has 0 aromatic heterocycles. The normalized spacial score (nSPS) is 24.5. The Hall–Kier alpha value is -1.64. The monoisotopic (exact) mass is 321 g/mol. The van der Waals surface area contributed by atoms with Crippen molar-refractivity contribution in [1.82, 2.24) is 4.90 Å². The topological polar surface area (TPSA) is 15.8 Å². The molecule has 0 N–H and O–H groups in total. The van der Waals surface area contributed by atoms with Crippen LogP contribution >= 0.6 is 0 Å². The lowest BCUT2D eigenvalue weighted by Gasteiger charge is -2.23. The number of hydrogen-bond donors (Lipinski definition) is 0. The summed E-state index contributed by atoms with van der Waals surface area (Å²) in [6.45, 7) is 8.77. The Balaban J connectivity index is 1.73. The maximum Gasteiger partial charge on any atom is 0.142 e. The molecule has 1 aliphatic carbocycles. The van der Waals surface area contributed by atoms with Crippen molar-refractivity contribution >= 4 is 0 Å². The zero-order valence-electron chi connectivity index (χ0n) is 14.8. The minimum absolute atomic E-state index is 0.170. The third-order valence-electron chi connectivity index (χ3n) is 5.88. The van der Waals surface area contributed by atoms with E-state index in [0.29, 0.717) is 5.92 Å². The van der Waals surface area contributed by atoms with E-state index in [9.17, 15) is 0 Å². The molecule has 2 heteroatoms. The van der Waals surface area contributed by atoms with Crippen molar-refractivity contribution in [3.63, 3.8) is 0 Å². The quantitative estimate of drug-likeness (QED) is 0.762. The summed E-state index contributed by atoms with van der Waals surface area (Å²) in [4.78, 5) is 2.53. The summed E-state index contributed by atoms with van der Waals surface area (Å²) in [5, 5.41) is 0. The first-order valence-corrected chi connectivity index (χ1v) is 9.32. The molecule has 0 radical (unpaired) electrons. The molecule has 4 rings (SSSR count). The number of hydrogen-bond acceptors (Lipinski definition) is 2. The Labute approximate surface area is 145 Å². The SMILES string of the molecule is CCN(CC)CCC1Cc2ccccc2C2(CO2)c2ccccc21. The highest BCUT2D eigenvalue weighted by Crippen LogP contribution is 2.52. The lowest BCUT2D eigenvalue weighted by Crippen LogP contribution is -2.25. The zero-order valence-corrected chi connectivity index (χ0v) is 14.8. The second-order valence-electron chi connectivity index (χ2n) is 7.08. The van der Waals surface area contributed by atoms with E-state index in [4.69, 9.17) is 4.74 Å². The molecule has 2 nitrogen and oxygen atoms in total. The average molecular weight is 321 g/mol. The Morgan fingerprint density at radius 3 is 2.38 bits per heavy atom. The lowest BCUT2D eigenvalue weighted by molar-refractivity contribution is 0.289. The molecule has 2 atom stereocenters. The van der Waals surface area contributed by atoms with Crippen molar-refractivity contribution in [3.8, 4) is 0 Å². The minimum Gasteiger partial charge on any atom is -0.359 e. The van der Waals surface area contributed by atoms with Gasteiger partial charge in [0, 0.05) is 0 Å². The molecule has 1 spiro atoms. The summed E-state index contributed by atoms with van der Waals surface area (Å²) < 4.78 is 6.08. The highest BCUT2D eigenvalue weighted by atomic mass is 16.6. The Morgan fingerprint density at radius 2 is 1.67 bits per heavy atom. The van der Waals surface area contributed by atoms with Gasteiger partial charge in [-0.05, 0) is 60.6 Å². The maximum atomic E-state index is 6.08. The summed E-state index contributed by atoms with van der Waals surface area (Å²) in [6.07, 6.45) is 2.34. The molecule has 2 aromatic rings. The summed E-state index contributed by atoms with van der Waals surface area (Å²) in [5.74, 6) is 0.575. The van der Waals surface area contributed by atoms with Crippen molar-refractivity contribution in [3.05, 3.63) is 70.8 Å². The van der Waals surface area contributed by atoms with Gasteiger partial charge >= 0.3 is 0 Å². The van der Waals surface area contributed by atoms with Crippen molar-refractivity contribution in [1.29, 1.82) is 0 Å². The molecular formula is C22H27NO. The number of nitrogens with zero attached hydrogens (tertiary/aromatic N) is 1. The van der Waals surface area contributed by atoms with E-state index in [2.05, 4.69) is 67.3 Å². The van der Waals surface area contributed by atoms with Crippen molar-refractivity contribution in [2.75, 3.05) is 26.2 Å². The van der Waals surface area contributed by atoms with Crippen molar-refractivity contribution < 1.29 is 4.74 Å². The van der Waals surface area contributed by atoms with Gasteiger partial charge in [0.25, 0.3) is 0 Å². The Bertz CT molecular complexity index is 715. The number of ether oxygens (including phenoxy) is 1. The summed E-state index contributed by atoms with van der Waals surface area (Å²) in [5.41, 5.74) is 5.59. The molecule has 1 saturated heterocycles. The third-order valence-corrected chi connectivity index (χ3v) is 5.88. The zero-order chi connectivity index (χ0) is 16.6.